The molecule has 124 valence electrons. The van der Waals surface area contributed by atoms with E-state index in [2.05, 4.69) is 31.5 Å². The van der Waals surface area contributed by atoms with Crippen molar-refractivity contribution in [1.29, 1.82) is 0 Å². The summed E-state index contributed by atoms with van der Waals surface area (Å²) in [6.07, 6.45) is 17.7. The average molecular weight is 409 g/mol. The Balaban J connectivity index is 2.11. The molecular formula is C19H34N2Sn. The van der Waals surface area contributed by atoms with Crippen LogP contribution in [0, 0.1) is 0 Å². The first-order valence-electron chi connectivity index (χ1n) is 9.57. The third-order valence-electron chi connectivity index (χ3n) is 5.08. The number of unbranched alkanes of at least 4 members (excludes halogenated alkanes) is 3. The van der Waals surface area contributed by atoms with E-state index in [-0.39, 0.29) is 0 Å². The molecule has 3 heteroatoms. The summed E-state index contributed by atoms with van der Waals surface area (Å²) in [6, 6.07) is 0. The minimum absolute atomic E-state index is 0.607. The van der Waals surface area contributed by atoms with Gasteiger partial charge >= 0.3 is 148 Å². The number of fused-ring (bicyclic) bond motifs is 1. The molecule has 1 aliphatic rings. The number of hydrogen-bond acceptors (Lipinski definition) is 1. The van der Waals surface area contributed by atoms with Gasteiger partial charge < -0.3 is 0 Å². The normalized spacial score (nSPS) is 14.5. The van der Waals surface area contributed by atoms with E-state index in [9.17, 15) is 0 Å². The molecule has 22 heavy (non-hydrogen) atoms. The number of aryl methyl sites for hydroxylation is 2. The van der Waals surface area contributed by atoms with Gasteiger partial charge in [0.15, 0.2) is 0 Å². The number of hydrogen-bond donors (Lipinski definition) is 0. The summed E-state index contributed by atoms with van der Waals surface area (Å²) in [6.45, 7) is 8.26. The van der Waals surface area contributed by atoms with E-state index in [1.165, 1.54) is 83.0 Å². The van der Waals surface area contributed by atoms with Crippen LogP contribution in [-0.4, -0.2) is 30.7 Å². The van der Waals surface area contributed by atoms with E-state index in [4.69, 9.17) is 4.98 Å². The predicted octanol–water partition coefficient (Wildman–Crippen LogP) is 4.89. The second-order valence-corrected chi connectivity index (χ2v) is 12.3. The van der Waals surface area contributed by atoms with Crippen molar-refractivity contribution in [2.45, 2.75) is 101 Å². The van der Waals surface area contributed by atoms with Crippen LogP contribution < -0.4 is 3.71 Å². The first kappa shape index (κ1) is 18.3. The molecule has 1 aliphatic heterocycles. The summed E-state index contributed by atoms with van der Waals surface area (Å²) < 4.78 is 4.67. The molecule has 2 heterocycles. The van der Waals surface area contributed by atoms with Gasteiger partial charge in [-0.15, -0.1) is 0 Å². The van der Waals surface area contributed by atoms with Crippen LogP contribution in [0.25, 0.3) is 0 Å². The molecule has 1 aromatic rings. The molecule has 0 aromatic carbocycles. The zero-order valence-corrected chi connectivity index (χ0v) is 17.8. The van der Waals surface area contributed by atoms with Crippen LogP contribution in [0.5, 0.6) is 0 Å². The van der Waals surface area contributed by atoms with Crippen LogP contribution in [0.2, 0.25) is 3.43 Å². The number of nitrogens with zero attached hydrogens (tertiary/aromatic N) is 2. The fourth-order valence-corrected chi connectivity index (χ4v) is 8.99. The molecule has 2 nitrogen and oxygen atoms in total. The van der Waals surface area contributed by atoms with E-state index in [0.717, 1.165) is 0 Å². The molecule has 2 radical (unpaired) electrons. The molecule has 0 bridgehead atoms. The molecule has 0 amide bonds. The zero-order valence-electron chi connectivity index (χ0n) is 15.0. The molecule has 0 spiro atoms. The first-order valence-corrected chi connectivity index (χ1v) is 12.4. The molecule has 2 rings (SSSR count). The third-order valence-corrected chi connectivity index (χ3v) is 10.2. The Morgan fingerprint density at radius 1 is 1.05 bits per heavy atom. The Morgan fingerprint density at radius 2 is 1.64 bits per heavy atom. The topological polar surface area (TPSA) is 17.8 Å². The first-order chi connectivity index (χ1) is 10.7. The summed E-state index contributed by atoms with van der Waals surface area (Å²) >= 11 is -0.607. The molecule has 0 atom stereocenters. The standard InChI is InChI=1S/C13H27.C6H7N2.Sn/c1-4-7-10-13(11-8-5-2)12-9-6-3;1-2-6-7-3-5-8(6)4-1;/h4-12H2,1-3H3;5H,1-2,4H2;. The van der Waals surface area contributed by atoms with Gasteiger partial charge in [-0.2, -0.15) is 0 Å². The van der Waals surface area contributed by atoms with Crippen LogP contribution in [0.3, 0.4) is 0 Å². The van der Waals surface area contributed by atoms with Gasteiger partial charge in [0.1, 0.15) is 0 Å². The molecule has 0 saturated heterocycles. The van der Waals surface area contributed by atoms with E-state index >= 15 is 0 Å². The van der Waals surface area contributed by atoms with Crippen molar-refractivity contribution in [2.24, 2.45) is 0 Å². The predicted molar refractivity (Wildman–Crippen MR) is 97.2 cm³/mol. The van der Waals surface area contributed by atoms with Gasteiger partial charge in [0.25, 0.3) is 0 Å². The second-order valence-electron chi connectivity index (χ2n) is 7.06. The molecule has 0 fully saturated rings. The second kappa shape index (κ2) is 9.34. The molecule has 0 N–H and O–H groups in total. The summed E-state index contributed by atoms with van der Waals surface area (Å²) in [7, 11) is 0. The number of aromatic nitrogens is 2. The van der Waals surface area contributed by atoms with E-state index in [1.54, 1.807) is 3.71 Å². The third kappa shape index (κ3) is 5.00. The van der Waals surface area contributed by atoms with Crippen molar-refractivity contribution >= 4 is 24.9 Å². The van der Waals surface area contributed by atoms with E-state index in [1.807, 2.05) is 0 Å². The van der Waals surface area contributed by atoms with Gasteiger partial charge in [-0.25, -0.2) is 0 Å². The van der Waals surface area contributed by atoms with Crippen molar-refractivity contribution in [3.8, 4) is 0 Å². The van der Waals surface area contributed by atoms with Crippen molar-refractivity contribution in [3.63, 3.8) is 0 Å². The van der Waals surface area contributed by atoms with Gasteiger partial charge in [-0.3, -0.25) is 0 Å². The van der Waals surface area contributed by atoms with Gasteiger partial charge in [-0.1, -0.05) is 0 Å². The van der Waals surface area contributed by atoms with Crippen LogP contribution in [0.15, 0.2) is 6.20 Å². The van der Waals surface area contributed by atoms with Crippen LogP contribution >= 0.6 is 0 Å². The maximum atomic E-state index is 5.04. The summed E-state index contributed by atoms with van der Waals surface area (Å²) in [4.78, 5) is 5.04. The van der Waals surface area contributed by atoms with Crippen LogP contribution in [0.4, 0.5) is 0 Å². The molecule has 0 unspecified atom stereocenters. The maximum absolute atomic E-state index is 5.04. The van der Waals surface area contributed by atoms with Gasteiger partial charge in [0.05, 0.1) is 0 Å². The fourth-order valence-electron chi connectivity index (χ4n) is 3.69. The Hall–Kier alpha value is 0.00870. The SMILES string of the molecule is CCCC[C](CCCC)(CCCC)[Sn][c]1cn2c(n1)CCC2. The molecule has 0 aliphatic carbocycles. The quantitative estimate of drug-likeness (QED) is 0.476. The summed E-state index contributed by atoms with van der Waals surface area (Å²) in [5, 5.41) is 0. The van der Waals surface area contributed by atoms with Gasteiger partial charge in [0.2, 0.25) is 0 Å². The Labute approximate surface area is 147 Å². The Morgan fingerprint density at radius 3 is 2.14 bits per heavy atom. The Bertz CT molecular complexity index is 395. The zero-order chi connectivity index (χ0) is 15.8. The molecular weight excluding hydrogens is 375 g/mol. The number of imidazole rings is 1. The minimum atomic E-state index is -0.607. The van der Waals surface area contributed by atoms with Gasteiger partial charge in [-0.05, 0) is 0 Å². The van der Waals surface area contributed by atoms with Gasteiger partial charge in [0, 0.05) is 0 Å². The Kier molecular flexibility index (Phi) is 7.79. The van der Waals surface area contributed by atoms with Crippen molar-refractivity contribution in [2.75, 3.05) is 0 Å². The van der Waals surface area contributed by atoms with Crippen LogP contribution in [0.1, 0.15) is 90.8 Å². The summed E-state index contributed by atoms with van der Waals surface area (Å²) in [5.41, 5.74) is 0. The van der Waals surface area contributed by atoms with E-state index in [0.29, 0.717) is 3.43 Å². The van der Waals surface area contributed by atoms with Crippen molar-refractivity contribution in [1.82, 2.24) is 9.55 Å². The fraction of sp³-hybridized carbons (Fsp3) is 0.842. The number of rotatable bonds is 11. The average Bonchev–Trinajstić information content (AvgIpc) is 3.09. The molecule has 1 aromatic heterocycles. The molecule has 0 saturated carbocycles. The van der Waals surface area contributed by atoms with Crippen LogP contribution in [-0.2, 0) is 13.0 Å². The van der Waals surface area contributed by atoms with Crippen molar-refractivity contribution < 1.29 is 0 Å². The monoisotopic (exact) mass is 410 g/mol. The van der Waals surface area contributed by atoms with Crippen molar-refractivity contribution in [3.05, 3.63) is 12.0 Å². The summed E-state index contributed by atoms with van der Waals surface area (Å²) in [5.74, 6) is 1.38. The van der Waals surface area contributed by atoms with E-state index < -0.39 is 21.1 Å².